The Labute approximate surface area is 75.1 Å². The van der Waals surface area contributed by atoms with Gasteiger partial charge in [-0.15, -0.1) is 0 Å². The molecule has 0 aliphatic heterocycles. The summed E-state index contributed by atoms with van der Waals surface area (Å²) in [6.45, 7) is 0.431. The lowest BCUT2D eigenvalue weighted by Gasteiger charge is -1.99. The van der Waals surface area contributed by atoms with Gasteiger partial charge >= 0.3 is 0 Å². The maximum atomic E-state index is 5.71. The molecule has 0 aliphatic carbocycles. The van der Waals surface area contributed by atoms with Gasteiger partial charge in [0, 0.05) is 12.1 Å². The minimum absolute atomic E-state index is 0.393. The van der Waals surface area contributed by atoms with Gasteiger partial charge in [0.2, 0.25) is 0 Å². The molecule has 0 bridgehead atoms. The first kappa shape index (κ1) is 8.78. The van der Waals surface area contributed by atoms with Crippen molar-refractivity contribution in [1.82, 2.24) is 4.98 Å². The first-order chi connectivity index (χ1) is 5.22. The quantitative estimate of drug-likeness (QED) is 0.671. The third-order valence-electron chi connectivity index (χ3n) is 1.10. The molecule has 0 aliphatic rings. The summed E-state index contributed by atoms with van der Waals surface area (Å²) < 4.78 is 4.86. The van der Waals surface area contributed by atoms with E-state index in [2.05, 4.69) is 4.98 Å². The van der Waals surface area contributed by atoms with Crippen molar-refractivity contribution in [3.8, 4) is 0 Å². The summed E-state index contributed by atoms with van der Waals surface area (Å²) in [6, 6.07) is 3.30. The highest BCUT2D eigenvalue weighted by Crippen LogP contribution is 2.15. The number of nitrogens with zero attached hydrogens (tertiary/aromatic N) is 1. The van der Waals surface area contributed by atoms with Gasteiger partial charge in [0.1, 0.15) is 5.15 Å². The Morgan fingerprint density at radius 1 is 1.45 bits per heavy atom. The second-order valence-electron chi connectivity index (χ2n) is 2.03. The van der Waals surface area contributed by atoms with Crippen molar-refractivity contribution < 1.29 is 4.74 Å². The van der Waals surface area contributed by atoms with Crippen molar-refractivity contribution in [3.63, 3.8) is 0 Å². The van der Waals surface area contributed by atoms with Gasteiger partial charge in [-0.2, -0.15) is 0 Å². The lowest BCUT2D eigenvalue weighted by atomic mass is 10.4. The highest BCUT2D eigenvalue weighted by molar-refractivity contribution is 6.33. The minimum atomic E-state index is 0.393. The Morgan fingerprint density at radius 3 is 2.73 bits per heavy atom. The average Bonchev–Trinajstić information content (AvgIpc) is 1.85. The molecule has 0 radical (unpaired) electrons. The molecule has 1 aromatic rings. The highest BCUT2D eigenvalue weighted by Gasteiger charge is 1.98. The van der Waals surface area contributed by atoms with Gasteiger partial charge < -0.3 is 4.74 Å². The van der Waals surface area contributed by atoms with E-state index < -0.39 is 0 Å². The van der Waals surface area contributed by atoms with E-state index in [1.807, 2.05) is 0 Å². The fraction of sp³-hybridized carbons (Fsp3) is 0.286. The fourth-order valence-corrected chi connectivity index (χ4v) is 1.25. The van der Waals surface area contributed by atoms with Crippen molar-refractivity contribution in [2.24, 2.45) is 0 Å². The van der Waals surface area contributed by atoms with E-state index >= 15 is 0 Å². The molecule has 0 unspecified atom stereocenters. The van der Waals surface area contributed by atoms with Gasteiger partial charge in [-0.1, -0.05) is 23.2 Å². The number of hydrogen-bond donors (Lipinski definition) is 0. The van der Waals surface area contributed by atoms with Crippen LogP contribution in [0.1, 0.15) is 5.69 Å². The van der Waals surface area contributed by atoms with E-state index in [1.165, 1.54) is 0 Å². The maximum absolute atomic E-state index is 5.71. The van der Waals surface area contributed by atoms with Gasteiger partial charge in [0.25, 0.3) is 0 Å². The number of rotatable bonds is 2. The first-order valence-electron chi connectivity index (χ1n) is 3.03. The summed E-state index contributed by atoms with van der Waals surface area (Å²) in [5.41, 5.74) is 0.741. The van der Waals surface area contributed by atoms with E-state index in [4.69, 9.17) is 27.9 Å². The zero-order valence-electron chi connectivity index (χ0n) is 5.97. The predicted octanol–water partition coefficient (Wildman–Crippen LogP) is 2.53. The van der Waals surface area contributed by atoms with Crippen LogP contribution >= 0.6 is 23.2 Å². The second kappa shape index (κ2) is 3.90. The molecular weight excluding hydrogens is 185 g/mol. The van der Waals surface area contributed by atoms with Gasteiger partial charge in [0.15, 0.2) is 0 Å². The molecular formula is C7H7Cl2NO. The summed E-state index contributed by atoms with van der Waals surface area (Å²) in [6.07, 6.45) is 0. The monoisotopic (exact) mass is 191 g/mol. The molecule has 0 aromatic carbocycles. The number of pyridine rings is 1. The number of hydrogen-bond acceptors (Lipinski definition) is 2. The van der Waals surface area contributed by atoms with Crippen molar-refractivity contribution >= 4 is 23.2 Å². The molecule has 0 amide bonds. The molecule has 11 heavy (non-hydrogen) atoms. The molecule has 0 saturated carbocycles. The molecule has 2 nitrogen and oxygen atoms in total. The molecule has 1 rings (SSSR count). The standard InChI is InChI=1S/C7H7Cl2NO/c1-11-4-6-2-5(8)3-7(9)10-6/h2-3H,4H2,1H3. The van der Waals surface area contributed by atoms with Crippen molar-refractivity contribution in [3.05, 3.63) is 28.0 Å². The van der Waals surface area contributed by atoms with Crippen molar-refractivity contribution in [2.75, 3.05) is 7.11 Å². The van der Waals surface area contributed by atoms with Crippen LogP contribution in [0, 0.1) is 0 Å². The number of ether oxygens (including phenoxy) is 1. The molecule has 0 N–H and O–H groups in total. The molecule has 1 heterocycles. The number of methoxy groups -OCH3 is 1. The molecule has 60 valence electrons. The Kier molecular flexibility index (Phi) is 3.12. The van der Waals surface area contributed by atoms with Crippen LogP contribution in [-0.2, 0) is 11.3 Å². The number of halogens is 2. The van der Waals surface area contributed by atoms with Crippen LogP contribution in [-0.4, -0.2) is 12.1 Å². The van der Waals surface area contributed by atoms with E-state index in [1.54, 1.807) is 19.2 Å². The lowest BCUT2D eigenvalue weighted by molar-refractivity contribution is 0.181. The zero-order chi connectivity index (χ0) is 8.27. The van der Waals surface area contributed by atoms with Crippen LogP contribution in [0.25, 0.3) is 0 Å². The van der Waals surface area contributed by atoms with E-state index in [0.29, 0.717) is 16.8 Å². The summed E-state index contributed by atoms with van der Waals surface area (Å²) >= 11 is 11.3. The third kappa shape index (κ3) is 2.66. The van der Waals surface area contributed by atoms with Crippen molar-refractivity contribution in [1.29, 1.82) is 0 Å². The average molecular weight is 192 g/mol. The minimum Gasteiger partial charge on any atom is -0.378 e. The van der Waals surface area contributed by atoms with E-state index in [0.717, 1.165) is 5.69 Å². The summed E-state index contributed by atoms with van der Waals surface area (Å²) in [5.74, 6) is 0. The zero-order valence-corrected chi connectivity index (χ0v) is 7.49. The van der Waals surface area contributed by atoms with Crippen LogP contribution in [0.4, 0.5) is 0 Å². The molecule has 0 spiro atoms. The van der Waals surface area contributed by atoms with Crippen LogP contribution in [0.3, 0.4) is 0 Å². The van der Waals surface area contributed by atoms with Crippen LogP contribution in [0.2, 0.25) is 10.2 Å². The molecule has 0 saturated heterocycles. The Balaban J connectivity index is 2.89. The van der Waals surface area contributed by atoms with Crippen LogP contribution < -0.4 is 0 Å². The summed E-state index contributed by atoms with van der Waals surface area (Å²) in [5, 5.41) is 0.974. The van der Waals surface area contributed by atoms with Gasteiger partial charge in [-0.25, -0.2) is 4.98 Å². The number of aromatic nitrogens is 1. The first-order valence-corrected chi connectivity index (χ1v) is 3.79. The van der Waals surface area contributed by atoms with Crippen molar-refractivity contribution in [2.45, 2.75) is 6.61 Å². The Hall–Kier alpha value is -0.310. The summed E-state index contributed by atoms with van der Waals surface area (Å²) in [7, 11) is 1.59. The Bertz CT molecular complexity index is 232. The predicted molar refractivity (Wildman–Crippen MR) is 45.0 cm³/mol. The van der Waals surface area contributed by atoms with Gasteiger partial charge in [-0.3, -0.25) is 0 Å². The molecule has 1 aromatic heterocycles. The van der Waals surface area contributed by atoms with E-state index in [9.17, 15) is 0 Å². The van der Waals surface area contributed by atoms with Gasteiger partial charge in [0.05, 0.1) is 12.3 Å². The third-order valence-corrected chi connectivity index (χ3v) is 1.52. The highest BCUT2D eigenvalue weighted by atomic mass is 35.5. The lowest BCUT2D eigenvalue weighted by Crippen LogP contribution is -1.91. The van der Waals surface area contributed by atoms with Crippen LogP contribution in [0.15, 0.2) is 12.1 Å². The molecule has 0 fully saturated rings. The fourth-order valence-electron chi connectivity index (χ4n) is 0.738. The normalized spacial score (nSPS) is 10.1. The Morgan fingerprint density at radius 2 is 2.18 bits per heavy atom. The largest absolute Gasteiger partial charge is 0.378 e. The van der Waals surface area contributed by atoms with Gasteiger partial charge in [-0.05, 0) is 12.1 Å². The second-order valence-corrected chi connectivity index (χ2v) is 2.86. The van der Waals surface area contributed by atoms with Crippen LogP contribution in [0.5, 0.6) is 0 Å². The maximum Gasteiger partial charge on any atom is 0.130 e. The molecule has 0 atom stereocenters. The van der Waals surface area contributed by atoms with E-state index in [-0.39, 0.29) is 0 Å². The SMILES string of the molecule is COCc1cc(Cl)cc(Cl)n1. The smallest absolute Gasteiger partial charge is 0.130 e. The summed E-state index contributed by atoms with van der Waals surface area (Å²) in [4.78, 5) is 3.98. The topological polar surface area (TPSA) is 22.1 Å². The molecule has 4 heteroatoms.